The summed E-state index contributed by atoms with van der Waals surface area (Å²) in [5.74, 6) is -1.41. The second-order valence-electron chi connectivity index (χ2n) is 2.74. The highest BCUT2D eigenvalue weighted by atomic mass is 19.1. The molecule has 0 fully saturated rings. The van der Waals surface area contributed by atoms with Crippen LogP contribution in [0.15, 0.2) is 35.5 Å². The zero-order chi connectivity index (χ0) is 11.1. The molecule has 0 unspecified atom stereocenters. The Kier molecular flexibility index (Phi) is 4.28. The summed E-state index contributed by atoms with van der Waals surface area (Å²) in [7, 11) is 0. The fraction of sp³-hybridized carbons (Fsp3) is 0.200. The highest BCUT2D eigenvalue weighted by molar-refractivity contribution is 6.36. The number of hydrogen-bond acceptors (Lipinski definition) is 3. The van der Waals surface area contributed by atoms with Crippen molar-refractivity contribution in [2.45, 2.75) is 6.61 Å². The second-order valence-corrected chi connectivity index (χ2v) is 2.74. The summed E-state index contributed by atoms with van der Waals surface area (Å²) >= 11 is 0. The lowest BCUT2D eigenvalue weighted by Crippen LogP contribution is -2.15. The number of rotatable bonds is 5. The maximum Gasteiger partial charge on any atom is 0.356 e. The van der Waals surface area contributed by atoms with Crippen molar-refractivity contribution in [3.05, 3.63) is 35.9 Å². The summed E-state index contributed by atoms with van der Waals surface area (Å²) in [6.07, 6.45) is 0. The Morgan fingerprint density at radius 1 is 1.40 bits per heavy atom. The number of benzene rings is 1. The maximum atomic E-state index is 12.0. The van der Waals surface area contributed by atoms with E-state index in [1.54, 1.807) is 12.1 Å². The average molecular weight is 211 g/mol. The van der Waals surface area contributed by atoms with Crippen LogP contribution in [0.25, 0.3) is 0 Å². The van der Waals surface area contributed by atoms with E-state index in [0.29, 0.717) is 0 Å². The number of carbonyl (C=O) groups is 1. The van der Waals surface area contributed by atoms with E-state index >= 15 is 0 Å². The van der Waals surface area contributed by atoms with Crippen LogP contribution in [-0.2, 0) is 16.2 Å². The summed E-state index contributed by atoms with van der Waals surface area (Å²) in [5, 5.41) is 11.6. The van der Waals surface area contributed by atoms with E-state index in [4.69, 9.17) is 9.94 Å². The van der Waals surface area contributed by atoms with E-state index in [1.165, 1.54) is 0 Å². The molecule has 0 aliphatic rings. The van der Waals surface area contributed by atoms with Crippen LogP contribution in [0.1, 0.15) is 5.56 Å². The zero-order valence-electron chi connectivity index (χ0n) is 7.89. The van der Waals surface area contributed by atoms with Crippen LogP contribution < -0.4 is 0 Å². The Balaban J connectivity index is 2.48. The van der Waals surface area contributed by atoms with Crippen molar-refractivity contribution in [3.63, 3.8) is 0 Å². The van der Waals surface area contributed by atoms with Gasteiger partial charge in [-0.3, -0.25) is 0 Å². The first-order valence-electron chi connectivity index (χ1n) is 4.26. The molecule has 0 amide bonds. The van der Waals surface area contributed by atoms with Gasteiger partial charge in [0.25, 0.3) is 0 Å². The molecule has 4 nitrogen and oxygen atoms in total. The number of hydrogen-bond donors (Lipinski definition) is 1. The summed E-state index contributed by atoms with van der Waals surface area (Å²) in [4.78, 5) is 15.0. The molecule has 0 atom stereocenters. The molecule has 1 aromatic rings. The number of alkyl halides is 1. The third-order valence-corrected chi connectivity index (χ3v) is 1.62. The number of carboxylic acids is 1. The average Bonchev–Trinajstić information content (AvgIpc) is 2.25. The fourth-order valence-corrected chi connectivity index (χ4v) is 0.880. The predicted molar refractivity (Wildman–Crippen MR) is 52.3 cm³/mol. The van der Waals surface area contributed by atoms with Crippen molar-refractivity contribution in [3.8, 4) is 0 Å². The van der Waals surface area contributed by atoms with Crippen molar-refractivity contribution < 1.29 is 19.1 Å². The number of aliphatic carboxylic acids is 1. The highest BCUT2D eigenvalue weighted by Crippen LogP contribution is 2.00. The van der Waals surface area contributed by atoms with Crippen LogP contribution in [-0.4, -0.2) is 23.5 Å². The van der Waals surface area contributed by atoms with Crippen LogP contribution in [0, 0.1) is 0 Å². The molecule has 0 spiro atoms. The lowest BCUT2D eigenvalue weighted by atomic mass is 10.2. The van der Waals surface area contributed by atoms with Crippen LogP contribution in [0.5, 0.6) is 0 Å². The van der Waals surface area contributed by atoms with Gasteiger partial charge in [-0.25, -0.2) is 9.18 Å². The summed E-state index contributed by atoms with van der Waals surface area (Å²) < 4.78 is 12.0. The Morgan fingerprint density at radius 2 is 2.07 bits per heavy atom. The number of halogens is 1. The first-order valence-corrected chi connectivity index (χ1v) is 4.26. The van der Waals surface area contributed by atoms with E-state index in [1.807, 2.05) is 18.2 Å². The van der Waals surface area contributed by atoms with Crippen molar-refractivity contribution in [1.82, 2.24) is 0 Å². The molecule has 1 aromatic carbocycles. The van der Waals surface area contributed by atoms with Crippen LogP contribution in [0.4, 0.5) is 4.39 Å². The minimum atomic E-state index is -1.41. The third-order valence-electron chi connectivity index (χ3n) is 1.62. The number of nitrogens with zero attached hydrogens (tertiary/aromatic N) is 1. The second kappa shape index (κ2) is 5.74. The molecule has 1 N–H and O–H groups in total. The van der Waals surface area contributed by atoms with Crippen molar-refractivity contribution >= 4 is 11.7 Å². The Labute approximate surface area is 86.0 Å². The molecular weight excluding hydrogens is 201 g/mol. The minimum absolute atomic E-state index is 0.123. The highest BCUT2D eigenvalue weighted by Gasteiger charge is 2.08. The molecule has 15 heavy (non-hydrogen) atoms. The number of oxime groups is 1. The van der Waals surface area contributed by atoms with Gasteiger partial charge in [0.15, 0.2) is 5.71 Å². The van der Waals surface area contributed by atoms with Gasteiger partial charge in [0.2, 0.25) is 0 Å². The summed E-state index contributed by atoms with van der Waals surface area (Å²) in [5.41, 5.74) is 0.204. The van der Waals surface area contributed by atoms with Crippen LogP contribution in [0.2, 0.25) is 0 Å². The fourth-order valence-electron chi connectivity index (χ4n) is 0.880. The minimum Gasteiger partial charge on any atom is -0.477 e. The maximum absolute atomic E-state index is 12.0. The van der Waals surface area contributed by atoms with Gasteiger partial charge >= 0.3 is 5.97 Å². The standard InChI is InChI=1S/C10H10FNO3/c11-6-9(10(13)14)12-15-7-8-4-2-1-3-5-8/h1-5H,6-7H2,(H,13,14)/b12-9+. The smallest absolute Gasteiger partial charge is 0.356 e. The lowest BCUT2D eigenvalue weighted by molar-refractivity contribution is -0.129. The topological polar surface area (TPSA) is 58.9 Å². The van der Waals surface area contributed by atoms with E-state index in [-0.39, 0.29) is 6.61 Å². The van der Waals surface area contributed by atoms with Crippen LogP contribution in [0.3, 0.4) is 0 Å². The Bertz CT molecular complexity index is 351. The molecule has 5 heteroatoms. The van der Waals surface area contributed by atoms with Gasteiger partial charge in [-0.05, 0) is 5.56 Å². The van der Waals surface area contributed by atoms with Gasteiger partial charge in [-0.15, -0.1) is 0 Å². The van der Waals surface area contributed by atoms with Crippen molar-refractivity contribution in [1.29, 1.82) is 0 Å². The molecule has 0 saturated heterocycles. The first kappa shape index (κ1) is 11.2. The van der Waals surface area contributed by atoms with E-state index in [0.717, 1.165) is 5.56 Å². The molecule has 0 radical (unpaired) electrons. The van der Waals surface area contributed by atoms with Gasteiger partial charge in [0, 0.05) is 0 Å². The number of carboxylic acid groups (broad SMARTS) is 1. The molecule has 0 heterocycles. The molecule has 0 aliphatic carbocycles. The van der Waals surface area contributed by atoms with Crippen molar-refractivity contribution in [2.24, 2.45) is 5.16 Å². The molecular formula is C10H10FNO3. The molecule has 1 rings (SSSR count). The van der Waals surface area contributed by atoms with Gasteiger partial charge < -0.3 is 9.94 Å². The zero-order valence-corrected chi connectivity index (χ0v) is 7.89. The third kappa shape index (κ3) is 3.76. The summed E-state index contributed by atoms with van der Waals surface area (Å²) in [6.45, 7) is -1.03. The van der Waals surface area contributed by atoms with Crippen LogP contribution >= 0.6 is 0 Å². The van der Waals surface area contributed by atoms with E-state index in [9.17, 15) is 9.18 Å². The van der Waals surface area contributed by atoms with Gasteiger partial charge in [-0.2, -0.15) is 0 Å². The first-order chi connectivity index (χ1) is 7.24. The quantitative estimate of drug-likeness (QED) is 0.594. The predicted octanol–water partition coefficient (Wildman–Crippen LogP) is 1.61. The largest absolute Gasteiger partial charge is 0.477 e. The molecule has 0 bridgehead atoms. The van der Waals surface area contributed by atoms with E-state index < -0.39 is 18.4 Å². The normalized spacial score (nSPS) is 11.1. The van der Waals surface area contributed by atoms with Gasteiger partial charge in [0.1, 0.15) is 13.3 Å². The SMILES string of the molecule is O=C(O)/C(CF)=N/OCc1ccccc1. The molecule has 0 aromatic heterocycles. The van der Waals surface area contributed by atoms with Gasteiger partial charge in [0.05, 0.1) is 0 Å². The van der Waals surface area contributed by atoms with E-state index in [2.05, 4.69) is 5.16 Å². The molecule has 0 aliphatic heterocycles. The Morgan fingerprint density at radius 3 is 2.60 bits per heavy atom. The van der Waals surface area contributed by atoms with Gasteiger partial charge in [-0.1, -0.05) is 35.5 Å². The monoisotopic (exact) mass is 211 g/mol. The van der Waals surface area contributed by atoms with Crippen molar-refractivity contribution in [2.75, 3.05) is 6.67 Å². The molecule has 80 valence electrons. The Hall–Kier alpha value is -1.91. The molecule has 0 saturated carbocycles. The summed E-state index contributed by atoms with van der Waals surface area (Å²) in [6, 6.07) is 9.07. The lowest BCUT2D eigenvalue weighted by Gasteiger charge is -2.00.